The van der Waals surface area contributed by atoms with Crippen LogP contribution in [0.4, 0.5) is 0 Å². The van der Waals surface area contributed by atoms with Crippen molar-refractivity contribution in [1.29, 1.82) is 0 Å². The molecule has 0 spiro atoms. The van der Waals surface area contributed by atoms with Crippen molar-refractivity contribution in [2.75, 3.05) is 13.7 Å². The molecule has 1 rings (SSSR count). The highest BCUT2D eigenvalue weighted by Gasteiger charge is 2.21. The fourth-order valence-electron chi connectivity index (χ4n) is 1.88. The van der Waals surface area contributed by atoms with Gasteiger partial charge in [0.05, 0.1) is 25.1 Å². The van der Waals surface area contributed by atoms with Gasteiger partial charge in [0.2, 0.25) is 11.8 Å². The number of rotatable bonds is 6. The molecule has 0 aliphatic heterocycles. The summed E-state index contributed by atoms with van der Waals surface area (Å²) in [5.41, 5.74) is 0.813. The van der Waals surface area contributed by atoms with Gasteiger partial charge in [0.1, 0.15) is 0 Å². The molecule has 0 aromatic heterocycles. The summed E-state index contributed by atoms with van der Waals surface area (Å²) in [6, 6.07) is 6.32. The Morgan fingerprint density at radius 3 is 2.38 bits per heavy atom. The molecule has 0 bridgehead atoms. The second-order valence-electron chi connectivity index (χ2n) is 5.05. The first-order valence-electron chi connectivity index (χ1n) is 6.74. The van der Waals surface area contributed by atoms with Crippen LogP contribution in [-0.2, 0) is 9.59 Å². The van der Waals surface area contributed by atoms with Crippen molar-refractivity contribution in [3.8, 4) is 0 Å². The van der Waals surface area contributed by atoms with Crippen LogP contribution in [0.1, 0.15) is 31.9 Å². The predicted octanol–water partition coefficient (Wildman–Crippen LogP) is 1.75. The Kier molecular flexibility index (Phi) is 6.65. The Morgan fingerprint density at radius 1 is 1.33 bits per heavy atom. The molecule has 1 aromatic carbocycles. The minimum atomic E-state index is -0.416. The molecule has 1 aromatic rings. The standard InChI is InChI=1S/C15H21ClN2O3/c1-10(9-19)18(3)15(21)8-14(17-11(2)20)12-4-6-13(16)7-5-12/h4-7,10,14,19H,8-9H2,1-3H3,(H,17,20). The van der Waals surface area contributed by atoms with E-state index in [2.05, 4.69) is 5.32 Å². The van der Waals surface area contributed by atoms with Crippen LogP contribution in [0.5, 0.6) is 0 Å². The predicted molar refractivity (Wildman–Crippen MR) is 81.9 cm³/mol. The molecule has 21 heavy (non-hydrogen) atoms. The molecule has 2 amide bonds. The van der Waals surface area contributed by atoms with Crippen LogP contribution in [-0.4, -0.2) is 41.5 Å². The second-order valence-corrected chi connectivity index (χ2v) is 5.48. The van der Waals surface area contributed by atoms with Crippen LogP contribution in [0.25, 0.3) is 0 Å². The van der Waals surface area contributed by atoms with Crippen molar-refractivity contribution >= 4 is 23.4 Å². The topological polar surface area (TPSA) is 69.6 Å². The van der Waals surface area contributed by atoms with Crippen LogP contribution in [0.15, 0.2) is 24.3 Å². The number of likely N-dealkylation sites (N-methyl/N-ethyl adjacent to an activating group) is 1. The molecule has 0 aliphatic carbocycles. The maximum atomic E-state index is 12.2. The van der Waals surface area contributed by atoms with Gasteiger partial charge < -0.3 is 15.3 Å². The summed E-state index contributed by atoms with van der Waals surface area (Å²) in [4.78, 5) is 25.0. The van der Waals surface area contributed by atoms with E-state index in [1.54, 1.807) is 38.2 Å². The molecule has 5 nitrogen and oxygen atoms in total. The highest BCUT2D eigenvalue weighted by molar-refractivity contribution is 6.30. The number of hydrogen-bond donors (Lipinski definition) is 2. The zero-order chi connectivity index (χ0) is 16.0. The van der Waals surface area contributed by atoms with Gasteiger partial charge in [-0.3, -0.25) is 9.59 Å². The van der Waals surface area contributed by atoms with E-state index in [9.17, 15) is 9.59 Å². The van der Waals surface area contributed by atoms with Gasteiger partial charge in [0.25, 0.3) is 0 Å². The van der Waals surface area contributed by atoms with Gasteiger partial charge in [0.15, 0.2) is 0 Å². The molecular formula is C15H21ClN2O3. The van der Waals surface area contributed by atoms with Gasteiger partial charge in [-0.15, -0.1) is 0 Å². The number of aliphatic hydroxyl groups is 1. The Bertz CT molecular complexity index is 490. The van der Waals surface area contributed by atoms with Crippen LogP contribution in [0, 0.1) is 0 Å². The van der Waals surface area contributed by atoms with Crippen LogP contribution in [0.2, 0.25) is 5.02 Å². The number of benzene rings is 1. The van der Waals surface area contributed by atoms with Crippen LogP contribution >= 0.6 is 11.6 Å². The van der Waals surface area contributed by atoms with E-state index in [0.717, 1.165) is 5.56 Å². The maximum absolute atomic E-state index is 12.2. The summed E-state index contributed by atoms with van der Waals surface area (Å²) in [5, 5.41) is 12.5. The Balaban J connectivity index is 2.86. The van der Waals surface area contributed by atoms with E-state index in [-0.39, 0.29) is 30.9 Å². The van der Waals surface area contributed by atoms with E-state index in [4.69, 9.17) is 16.7 Å². The van der Waals surface area contributed by atoms with Crippen LogP contribution < -0.4 is 5.32 Å². The Labute approximate surface area is 129 Å². The SMILES string of the molecule is CC(=O)NC(CC(=O)N(C)C(C)CO)c1ccc(Cl)cc1. The lowest BCUT2D eigenvalue weighted by Crippen LogP contribution is -2.39. The summed E-state index contributed by atoms with van der Waals surface area (Å²) >= 11 is 5.85. The molecule has 2 N–H and O–H groups in total. The minimum absolute atomic E-state index is 0.103. The largest absolute Gasteiger partial charge is 0.394 e. The maximum Gasteiger partial charge on any atom is 0.225 e. The highest BCUT2D eigenvalue weighted by Crippen LogP contribution is 2.20. The molecule has 2 atom stereocenters. The fraction of sp³-hybridized carbons (Fsp3) is 0.467. The first-order valence-corrected chi connectivity index (χ1v) is 7.12. The number of hydrogen-bond acceptors (Lipinski definition) is 3. The molecule has 0 fully saturated rings. The van der Waals surface area contributed by atoms with Gasteiger partial charge in [0, 0.05) is 19.0 Å². The first-order chi connectivity index (χ1) is 9.85. The van der Waals surface area contributed by atoms with E-state index in [1.807, 2.05) is 0 Å². The van der Waals surface area contributed by atoms with E-state index < -0.39 is 6.04 Å². The lowest BCUT2D eigenvalue weighted by Gasteiger charge is -2.26. The zero-order valence-electron chi connectivity index (χ0n) is 12.5. The van der Waals surface area contributed by atoms with Crippen molar-refractivity contribution < 1.29 is 14.7 Å². The van der Waals surface area contributed by atoms with Crippen molar-refractivity contribution in [1.82, 2.24) is 10.2 Å². The monoisotopic (exact) mass is 312 g/mol. The van der Waals surface area contributed by atoms with Crippen molar-refractivity contribution in [2.45, 2.75) is 32.4 Å². The van der Waals surface area contributed by atoms with E-state index in [1.165, 1.54) is 11.8 Å². The third kappa shape index (κ3) is 5.36. The quantitative estimate of drug-likeness (QED) is 0.840. The summed E-state index contributed by atoms with van der Waals surface area (Å²) in [6.45, 7) is 3.06. The first kappa shape index (κ1) is 17.5. The number of carbonyl (C=O) groups excluding carboxylic acids is 2. The van der Waals surface area contributed by atoms with Gasteiger partial charge in [-0.05, 0) is 24.6 Å². The lowest BCUT2D eigenvalue weighted by molar-refractivity contribution is -0.133. The molecule has 0 heterocycles. The van der Waals surface area contributed by atoms with Gasteiger partial charge in [-0.25, -0.2) is 0 Å². The number of nitrogens with zero attached hydrogens (tertiary/aromatic N) is 1. The number of nitrogens with one attached hydrogen (secondary N) is 1. The van der Waals surface area contributed by atoms with Gasteiger partial charge >= 0.3 is 0 Å². The van der Waals surface area contributed by atoms with Crippen molar-refractivity contribution in [3.05, 3.63) is 34.9 Å². The molecule has 0 saturated heterocycles. The van der Waals surface area contributed by atoms with Crippen molar-refractivity contribution in [3.63, 3.8) is 0 Å². The smallest absolute Gasteiger partial charge is 0.225 e. The number of aliphatic hydroxyl groups excluding tert-OH is 1. The zero-order valence-corrected chi connectivity index (χ0v) is 13.2. The van der Waals surface area contributed by atoms with Crippen LogP contribution in [0.3, 0.4) is 0 Å². The number of halogens is 1. The summed E-state index contributed by atoms with van der Waals surface area (Å²) < 4.78 is 0. The molecule has 0 radical (unpaired) electrons. The second kappa shape index (κ2) is 8.00. The summed E-state index contributed by atoms with van der Waals surface area (Å²) in [6.07, 6.45) is 0.127. The molecule has 116 valence electrons. The average Bonchev–Trinajstić information content (AvgIpc) is 2.45. The molecule has 6 heteroatoms. The number of amides is 2. The normalized spacial score (nSPS) is 13.4. The average molecular weight is 313 g/mol. The van der Waals surface area contributed by atoms with E-state index in [0.29, 0.717) is 5.02 Å². The third-order valence-corrected chi connectivity index (χ3v) is 3.60. The molecule has 0 saturated carbocycles. The summed E-state index contributed by atoms with van der Waals surface area (Å²) in [5.74, 6) is -0.356. The Hall–Kier alpha value is -1.59. The van der Waals surface area contributed by atoms with Gasteiger partial charge in [-0.2, -0.15) is 0 Å². The molecule has 2 unspecified atom stereocenters. The Morgan fingerprint density at radius 2 is 1.90 bits per heavy atom. The molecular weight excluding hydrogens is 292 g/mol. The van der Waals surface area contributed by atoms with E-state index >= 15 is 0 Å². The fourth-order valence-corrected chi connectivity index (χ4v) is 2.01. The summed E-state index contributed by atoms with van der Waals surface area (Å²) in [7, 11) is 1.63. The van der Waals surface area contributed by atoms with Crippen molar-refractivity contribution in [2.24, 2.45) is 0 Å². The minimum Gasteiger partial charge on any atom is -0.394 e. The number of carbonyl (C=O) groups is 2. The lowest BCUT2D eigenvalue weighted by atomic mass is 10.0. The third-order valence-electron chi connectivity index (χ3n) is 3.35. The van der Waals surface area contributed by atoms with Gasteiger partial charge in [-0.1, -0.05) is 23.7 Å². The highest BCUT2D eigenvalue weighted by atomic mass is 35.5. The molecule has 0 aliphatic rings.